The molecule has 0 spiro atoms. The summed E-state index contributed by atoms with van der Waals surface area (Å²) in [6.07, 6.45) is 10.5. The largest absolute Gasteiger partial charge is 0.491 e. The predicted molar refractivity (Wildman–Crippen MR) is 212 cm³/mol. The summed E-state index contributed by atoms with van der Waals surface area (Å²) in [5.74, 6) is 2.85. The first-order chi connectivity index (χ1) is 24.5. The lowest BCUT2D eigenvalue weighted by molar-refractivity contribution is 0.0982. The first kappa shape index (κ1) is 40.9. The Morgan fingerprint density at radius 1 is 1.08 bits per heavy atom. The van der Waals surface area contributed by atoms with E-state index in [9.17, 15) is 9.00 Å². The van der Waals surface area contributed by atoms with Gasteiger partial charge in [0.2, 0.25) is 0 Å². The number of allylic oxidation sites excluding steroid dienone is 2. The number of fused-ring (bicyclic) bond motifs is 2. The molecule has 6 rings (SSSR count). The summed E-state index contributed by atoms with van der Waals surface area (Å²) in [6, 6.07) is 11.9. The molecule has 51 heavy (non-hydrogen) atoms. The van der Waals surface area contributed by atoms with E-state index in [1.165, 1.54) is 11.1 Å². The first-order valence-electron chi connectivity index (χ1n) is 18.9. The van der Waals surface area contributed by atoms with E-state index >= 15 is 0 Å². The molecule has 1 aliphatic carbocycles. The maximum atomic E-state index is 13.4. The minimum atomic E-state index is -1.52. The number of anilines is 1. The second-order valence-corrected chi connectivity index (χ2v) is 16.7. The van der Waals surface area contributed by atoms with Crippen molar-refractivity contribution in [2.45, 2.75) is 104 Å². The fourth-order valence-electron chi connectivity index (χ4n) is 7.57. The molecule has 282 valence electrons. The molecule has 1 fully saturated rings. The van der Waals surface area contributed by atoms with Crippen LogP contribution in [0.5, 0.6) is 5.75 Å². The summed E-state index contributed by atoms with van der Waals surface area (Å²) in [7, 11) is -0.521. The molecule has 4 aliphatic rings. The van der Waals surface area contributed by atoms with E-state index in [4.69, 9.17) is 31.2 Å². The zero-order chi connectivity index (χ0) is 37.3. The van der Waals surface area contributed by atoms with E-state index in [0.29, 0.717) is 36.5 Å². The van der Waals surface area contributed by atoms with Crippen LogP contribution < -0.4 is 14.4 Å². The van der Waals surface area contributed by atoms with E-state index in [1.54, 1.807) is 6.07 Å². The van der Waals surface area contributed by atoms with Gasteiger partial charge in [-0.25, -0.2) is 9.20 Å². The van der Waals surface area contributed by atoms with Gasteiger partial charge in [0.15, 0.2) is 5.90 Å². The Hall–Kier alpha value is -2.88. The Kier molecular flexibility index (Phi) is 15.0. The highest BCUT2D eigenvalue weighted by molar-refractivity contribution is 7.84. The summed E-state index contributed by atoms with van der Waals surface area (Å²) in [5, 5.41) is 7.56. The number of halogens is 1. The van der Waals surface area contributed by atoms with Gasteiger partial charge in [-0.15, -0.1) is 0 Å². The highest BCUT2D eigenvalue weighted by Gasteiger charge is 2.40. The van der Waals surface area contributed by atoms with Crippen LogP contribution >= 0.6 is 11.6 Å². The van der Waals surface area contributed by atoms with Crippen molar-refractivity contribution in [1.82, 2.24) is 4.72 Å². The monoisotopic (exact) mass is 741 g/mol. The third-order valence-electron chi connectivity index (χ3n) is 10.6. The van der Waals surface area contributed by atoms with Crippen molar-refractivity contribution in [1.29, 1.82) is 0 Å². The third-order valence-corrected chi connectivity index (χ3v) is 12.4. The summed E-state index contributed by atoms with van der Waals surface area (Å²) >= 11 is 6.46. The smallest absolute Gasteiger partial charge is 0.263 e. The second-order valence-electron chi connectivity index (χ2n) is 14.7. The Bertz CT molecular complexity index is 1560. The van der Waals surface area contributed by atoms with Crippen LogP contribution in [0, 0.1) is 23.7 Å². The number of aryl methyl sites for hydroxylation is 1. The Morgan fingerprint density at radius 3 is 2.51 bits per heavy atom. The quantitative estimate of drug-likeness (QED) is 0.298. The highest BCUT2D eigenvalue weighted by atomic mass is 35.5. The molecule has 2 aromatic rings. The van der Waals surface area contributed by atoms with Crippen molar-refractivity contribution >= 4 is 40.1 Å². The van der Waals surface area contributed by atoms with Crippen molar-refractivity contribution < 1.29 is 23.6 Å². The van der Waals surface area contributed by atoms with E-state index in [0.717, 1.165) is 81.1 Å². The lowest BCUT2D eigenvalue weighted by Crippen LogP contribution is -2.43. The number of nitrogens with one attached hydrogen (secondary N) is 1. The molecule has 2 aromatic carbocycles. The topological polar surface area (TPSA) is 100 Å². The molecule has 0 radical (unpaired) electrons. The molecule has 3 heterocycles. The molecule has 0 aromatic heterocycles. The average Bonchev–Trinajstić information content (AvgIpc) is 3.35. The van der Waals surface area contributed by atoms with E-state index in [2.05, 4.69) is 61.6 Å². The van der Waals surface area contributed by atoms with Gasteiger partial charge in [0.05, 0.1) is 23.1 Å². The first-order valence-corrected chi connectivity index (χ1v) is 20.4. The van der Waals surface area contributed by atoms with Gasteiger partial charge in [-0.1, -0.05) is 63.9 Å². The van der Waals surface area contributed by atoms with Crippen LogP contribution in [-0.2, 0) is 22.1 Å². The van der Waals surface area contributed by atoms with Gasteiger partial charge < -0.3 is 19.5 Å². The fourth-order valence-corrected chi connectivity index (χ4v) is 8.78. The lowest BCUT2D eigenvalue weighted by Gasteiger charge is -2.44. The number of rotatable bonds is 5. The second kappa shape index (κ2) is 18.7. The number of hydrogen-bond donors (Lipinski definition) is 2. The van der Waals surface area contributed by atoms with Gasteiger partial charge in [0.1, 0.15) is 23.3 Å². The van der Waals surface area contributed by atoms with Crippen LogP contribution in [0.25, 0.3) is 0 Å². The summed E-state index contributed by atoms with van der Waals surface area (Å²) in [4.78, 5) is 20.8. The van der Waals surface area contributed by atoms with Crippen LogP contribution in [0.2, 0.25) is 5.02 Å². The number of benzene rings is 2. The SMILES string of the molecule is CC.CCCc1cc(Cl)ccc1C1COc2ccc3cc2N(C1)CC1CCC1C(CC1=NC(C)(C)CO1)/C=C/CC(C)C(C)S(=O)NC3=O.CO. The number of hydrogen-bond acceptors (Lipinski definition) is 7. The highest BCUT2D eigenvalue weighted by Crippen LogP contribution is 2.45. The van der Waals surface area contributed by atoms with Gasteiger partial charge in [0, 0.05) is 43.1 Å². The van der Waals surface area contributed by atoms with Gasteiger partial charge in [-0.3, -0.25) is 9.52 Å². The van der Waals surface area contributed by atoms with Crippen LogP contribution in [-0.4, -0.2) is 65.3 Å². The molecule has 8 nitrogen and oxygen atoms in total. The number of amides is 1. The number of carbonyl (C=O) groups is 1. The fraction of sp³-hybridized carbons (Fsp3) is 0.610. The Labute approximate surface area is 314 Å². The van der Waals surface area contributed by atoms with Crippen molar-refractivity contribution in [2.75, 3.05) is 38.3 Å². The molecule has 1 amide bonds. The molecule has 7 atom stereocenters. The van der Waals surface area contributed by atoms with Crippen molar-refractivity contribution in [2.24, 2.45) is 28.7 Å². The zero-order valence-corrected chi connectivity index (χ0v) is 33.5. The van der Waals surface area contributed by atoms with Crippen molar-refractivity contribution in [3.8, 4) is 5.75 Å². The van der Waals surface area contributed by atoms with Crippen LogP contribution in [0.15, 0.2) is 53.5 Å². The molecule has 0 saturated heterocycles. The average molecular weight is 742 g/mol. The van der Waals surface area contributed by atoms with Crippen LogP contribution in [0.4, 0.5) is 5.69 Å². The molecule has 7 unspecified atom stereocenters. The summed E-state index contributed by atoms with van der Waals surface area (Å²) in [6.45, 7) is 17.3. The van der Waals surface area contributed by atoms with E-state index in [-0.39, 0.29) is 28.5 Å². The minimum Gasteiger partial charge on any atom is -0.491 e. The molecule has 2 bridgehead atoms. The number of carbonyl (C=O) groups excluding carboxylic acids is 1. The predicted octanol–water partition coefficient (Wildman–Crippen LogP) is 8.53. The number of ether oxygens (including phenoxy) is 2. The summed E-state index contributed by atoms with van der Waals surface area (Å²) < 4.78 is 28.7. The third kappa shape index (κ3) is 10.2. The van der Waals surface area contributed by atoms with Crippen molar-refractivity contribution in [3.05, 3.63) is 70.3 Å². The van der Waals surface area contributed by atoms with Gasteiger partial charge >= 0.3 is 0 Å². The van der Waals surface area contributed by atoms with Gasteiger partial charge in [0.25, 0.3) is 5.91 Å². The minimum absolute atomic E-state index is 0.135. The molecule has 10 heteroatoms. The Balaban J connectivity index is 0.00000141. The molecule has 1 saturated carbocycles. The van der Waals surface area contributed by atoms with Crippen molar-refractivity contribution in [3.63, 3.8) is 0 Å². The van der Waals surface area contributed by atoms with Crippen LogP contribution in [0.1, 0.15) is 108 Å². The van der Waals surface area contributed by atoms with E-state index < -0.39 is 11.0 Å². The number of aliphatic imine (C=N–C) groups is 1. The number of aliphatic hydroxyl groups is 1. The Morgan fingerprint density at radius 2 is 1.84 bits per heavy atom. The number of aliphatic hydroxyl groups excluding tert-OH is 1. The molecular formula is C41H60ClN3O5S. The van der Waals surface area contributed by atoms with Crippen LogP contribution in [0.3, 0.4) is 0 Å². The zero-order valence-electron chi connectivity index (χ0n) is 31.9. The normalized spacial score (nSPS) is 29.1. The maximum absolute atomic E-state index is 13.4. The maximum Gasteiger partial charge on any atom is 0.263 e. The van der Waals surface area contributed by atoms with E-state index in [1.807, 2.05) is 39.0 Å². The molecular weight excluding hydrogens is 682 g/mol. The van der Waals surface area contributed by atoms with Gasteiger partial charge in [-0.2, -0.15) is 0 Å². The number of nitrogens with zero attached hydrogens (tertiary/aromatic N) is 2. The standard InChI is InChI=1S/C38H50ClN3O4S.C2H6.CH4O/c1-6-8-26-17-31(39)13-15-33(26)30-21-42-20-29-11-14-32(29)27(19-36-40-38(4,5)23-46-36)10-7-9-24(2)25(3)47(44)41-37(43)28-12-16-35(45-22-30)34(42)18-28;2*1-2/h7,10,12-13,15-18,24-25,27,29-30,32H,6,8-9,11,14,19-23H2,1-5H3,(H,41,43);1-2H3;2H,1H3/b10-7+;;. The summed E-state index contributed by atoms with van der Waals surface area (Å²) in [5.41, 5.74) is 3.78. The van der Waals surface area contributed by atoms with Gasteiger partial charge in [-0.05, 0) is 112 Å². The lowest BCUT2D eigenvalue weighted by atomic mass is 9.65. The molecule has 2 N–H and O–H groups in total. The molecule has 3 aliphatic heterocycles.